The number of H-pyrrole nitrogens is 2. The molecule has 432 valence electrons. The maximum absolute atomic E-state index is 13.9. The van der Waals surface area contributed by atoms with Gasteiger partial charge < -0.3 is 45.6 Å². The van der Waals surface area contributed by atoms with Gasteiger partial charge in [-0.2, -0.15) is 0 Å². The molecule has 1 aliphatic carbocycles. The number of nitrogens with two attached hydrogens (primary N) is 1. The summed E-state index contributed by atoms with van der Waals surface area (Å²) in [6.45, 7) is 24.8. The molecule has 9 rings (SSSR count). The third-order valence-corrected chi connectivity index (χ3v) is 16.9. The molecule has 0 spiro atoms. The summed E-state index contributed by atoms with van der Waals surface area (Å²) in [5.41, 5.74) is 22.1. The molecule has 3 aliphatic rings. The first-order chi connectivity index (χ1) is 39.2. The average Bonchev–Trinajstić information content (AvgIpc) is 3.88. The number of ether oxygens (including phenoxy) is 2. The average molecular weight is 1100 g/mol. The molecule has 81 heavy (non-hydrogen) atoms. The number of pyridine rings is 2. The molecule has 0 unspecified atom stereocenters. The second-order valence-corrected chi connectivity index (χ2v) is 22.3. The molecule has 14 nitrogen and oxygen atoms in total. The fraction of sp³-hybridized carbons (Fsp3) is 0.463. The molecule has 4 aromatic carbocycles. The number of carbonyl (C=O) groups is 2. The van der Waals surface area contributed by atoms with E-state index in [0.717, 1.165) is 158 Å². The Morgan fingerprint density at radius 3 is 1.59 bits per heavy atom. The van der Waals surface area contributed by atoms with Crippen molar-refractivity contribution >= 4 is 23.2 Å². The van der Waals surface area contributed by atoms with Gasteiger partial charge in [0.1, 0.15) is 0 Å². The van der Waals surface area contributed by atoms with Crippen LogP contribution in [0.5, 0.6) is 0 Å². The van der Waals surface area contributed by atoms with Crippen LogP contribution in [0.15, 0.2) is 94.5 Å². The summed E-state index contributed by atoms with van der Waals surface area (Å²) in [7, 11) is 0. The summed E-state index contributed by atoms with van der Waals surface area (Å²) < 4.78 is 11.2. The molecule has 0 atom stereocenters. The Morgan fingerprint density at radius 1 is 0.580 bits per heavy atom. The highest BCUT2D eigenvalue weighted by molar-refractivity contribution is 6.00. The summed E-state index contributed by atoms with van der Waals surface area (Å²) in [6.07, 6.45) is 9.93. The van der Waals surface area contributed by atoms with E-state index < -0.39 is 0 Å². The van der Waals surface area contributed by atoms with E-state index in [0.29, 0.717) is 40.9 Å². The van der Waals surface area contributed by atoms with E-state index in [1.807, 2.05) is 71.0 Å². The quantitative estimate of drug-likeness (QED) is 0.0556. The predicted octanol–water partition coefficient (Wildman–Crippen LogP) is 10.9. The van der Waals surface area contributed by atoms with Crippen molar-refractivity contribution in [1.29, 1.82) is 0 Å². The molecule has 6 N–H and O–H groups in total. The van der Waals surface area contributed by atoms with Crippen LogP contribution in [-0.4, -0.2) is 91.4 Å². The van der Waals surface area contributed by atoms with Crippen LogP contribution in [0.2, 0.25) is 0 Å². The van der Waals surface area contributed by atoms with Crippen LogP contribution in [0.25, 0.3) is 22.3 Å². The number of nitrogens with zero attached hydrogens (tertiary/aromatic N) is 3. The molecule has 6 aromatic rings. The molecule has 2 amide bonds. The van der Waals surface area contributed by atoms with E-state index in [4.69, 9.17) is 15.2 Å². The lowest BCUT2D eigenvalue weighted by Gasteiger charge is -2.37. The lowest BCUT2D eigenvalue weighted by molar-refractivity contribution is 0.0845. The molecule has 2 aromatic heterocycles. The fourth-order valence-electron chi connectivity index (χ4n) is 12.1. The van der Waals surface area contributed by atoms with Crippen LogP contribution in [0, 0.1) is 34.6 Å². The fourth-order valence-corrected chi connectivity index (χ4v) is 12.1. The first-order valence-electron chi connectivity index (χ1n) is 29.8. The maximum atomic E-state index is 13.9. The van der Waals surface area contributed by atoms with Crippen LogP contribution in [0.1, 0.15) is 149 Å². The highest BCUT2D eigenvalue weighted by Gasteiger charge is 2.27. The number of hydrogen-bond acceptors (Lipinski definition) is 10. The topological polar surface area (TPSA) is 178 Å². The van der Waals surface area contributed by atoms with Crippen molar-refractivity contribution in [2.24, 2.45) is 5.73 Å². The molecule has 14 heteroatoms. The number of carbonyl (C=O) groups excluding carboxylic acids is 2. The van der Waals surface area contributed by atoms with Crippen molar-refractivity contribution in [3.8, 4) is 22.3 Å². The lowest BCUT2D eigenvalue weighted by atomic mass is 9.91. The van der Waals surface area contributed by atoms with E-state index >= 15 is 0 Å². The number of anilines is 2. The van der Waals surface area contributed by atoms with Crippen LogP contribution >= 0.6 is 0 Å². The van der Waals surface area contributed by atoms with Gasteiger partial charge in [0.25, 0.3) is 22.9 Å². The van der Waals surface area contributed by atoms with E-state index in [-0.39, 0.29) is 36.0 Å². The third kappa shape index (κ3) is 15.2. The van der Waals surface area contributed by atoms with Crippen molar-refractivity contribution in [2.75, 3.05) is 62.4 Å². The van der Waals surface area contributed by atoms with E-state index in [1.165, 1.54) is 37.7 Å². The monoisotopic (exact) mass is 1100 g/mol. The maximum Gasteiger partial charge on any atom is 0.253 e. The normalized spacial score (nSPS) is 15.3. The van der Waals surface area contributed by atoms with Gasteiger partial charge in [-0.3, -0.25) is 24.1 Å². The van der Waals surface area contributed by atoms with Crippen molar-refractivity contribution in [3.05, 3.63) is 173 Å². The van der Waals surface area contributed by atoms with Crippen LogP contribution in [-0.2, 0) is 42.1 Å². The van der Waals surface area contributed by atoms with Crippen molar-refractivity contribution in [2.45, 2.75) is 151 Å². The van der Waals surface area contributed by atoms with Gasteiger partial charge in [-0.25, -0.2) is 0 Å². The Kier molecular flexibility index (Phi) is 21.4. The van der Waals surface area contributed by atoms with E-state index in [9.17, 15) is 19.2 Å². The Hall–Kier alpha value is -6.84. The number of aryl methyl sites for hydroxylation is 4. The van der Waals surface area contributed by atoms with Crippen molar-refractivity contribution in [3.63, 3.8) is 0 Å². The second kappa shape index (κ2) is 28.7. The zero-order chi connectivity index (χ0) is 57.6. The molecular weight excluding hydrogens is 1010 g/mol. The summed E-state index contributed by atoms with van der Waals surface area (Å²) in [6, 6.07) is 30.2. The predicted molar refractivity (Wildman–Crippen MR) is 329 cm³/mol. The highest BCUT2D eigenvalue weighted by atomic mass is 16.5. The molecular formula is C67H88N8O6. The molecule has 0 bridgehead atoms. The zero-order valence-electron chi connectivity index (χ0n) is 49.5. The summed E-state index contributed by atoms with van der Waals surface area (Å²) in [4.78, 5) is 65.9. The molecule has 2 saturated heterocycles. The Morgan fingerprint density at radius 2 is 1.09 bits per heavy atom. The highest BCUT2D eigenvalue weighted by Crippen LogP contribution is 2.37. The van der Waals surface area contributed by atoms with Gasteiger partial charge in [-0.05, 0) is 179 Å². The molecule has 0 radical (unpaired) electrons. The Bertz CT molecular complexity index is 3200. The standard InChI is InChI=1S/C37H50N4O3.C30H38N4O3/c1-5-31-21-26(3)34(37(43)39-31)24-38-36(42)33-22-30(23-35(27(33)4)41(6-2)32-11-8-7-9-12-32)29-15-13-28(14-16-29)25-40-17-10-19-44-20-18-40;1-5-34(25-10-12-37-13-11-25)28-16-24(23-8-6-22(17-31)7-9-23)15-26(21(28)4)29(35)32-18-27-19(2)14-20(3)33-30(27)36/h13-16,21-23,32H,5-12,17-20,24-25H2,1-4H3,(H,38,42)(H,39,43);6-9,14-16,25H,5,10-13,17-18,31H2,1-4H3,(H,32,35)(H,33,36). The molecule has 1 saturated carbocycles. The summed E-state index contributed by atoms with van der Waals surface area (Å²) in [5, 5.41) is 6.09. The minimum Gasteiger partial charge on any atom is -0.381 e. The smallest absolute Gasteiger partial charge is 0.253 e. The first kappa shape index (κ1) is 60.3. The number of hydrogen-bond donors (Lipinski definition) is 5. The van der Waals surface area contributed by atoms with Crippen LogP contribution in [0.4, 0.5) is 11.4 Å². The number of amides is 2. The molecule has 4 heterocycles. The van der Waals surface area contributed by atoms with Crippen molar-refractivity contribution < 1.29 is 19.1 Å². The van der Waals surface area contributed by atoms with Crippen molar-refractivity contribution in [1.82, 2.24) is 25.5 Å². The number of benzene rings is 4. The van der Waals surface area contributed by atoms with Gasteiger partial charge in [0.2, 0.25) is 0 Å². The number of aromatic amines is 2. The number of rotatable bonds is 18. The minimum atomic E-state index is -0.193. The number of nitrogens with one attached hydrogen (secondary N) is 4. The van der Waals surface area contributed by atoms with E-state index in [2.05, 4.69) is 105 Å². The summed E-state index contributed by atoms with van der Waals surface area (Å²) in [5.74, 6) is -0.342. The largest absolute Gasteiger partial charge is 0.381 e. The SMILES string of the molecule is CCN(c1cc(-c2ccc(CN)cc2)cc(C(=O)NCc2c(C)cc(C)[nH]c2=O)c1C)C1CCOCC1.CCc1cc(C)c(CNC(=O)c2cc(-c3ccc(CN4CCCOCC4)cc3)cc(N(CC)C3CCCCC3)c2C)c(=O)[nH]1. The lowest BCUT2D eigenvalue weighted by Crippen LogP contribution is -2.40. The summed E-state index contributed by atoms with van der Waals surface area (Å²) >= 11 is 0. The Labute approximate surface area is 480 Å². The van der Waals surface area contributed by atoms with Crippen LogP contribution < -0.4 is 37.3 Å². The first-order valence-corrected chi connectivity index (χ1v) is 29.8. The van der Waals surface area contributed by atoms with E-state index in [1.54, 1.807) is 0 Å². The Balaban J connectivity index is 0.000000216. The number of aromatic nitrogens is 2. The van der Waals surface area contributed by atoms with Gasteiger partial charge >= 0.3 is 0 Å². The van der Waals surface area contributed by atoms with Gasteiger partial charge in [-0.15, -0.1) is 0 Å². The molecule has 2 aliphatic heterocycles. The van der Waals surface area contributed by atoms with Crippen LogP contribution in [0.3, 0.4) is 0 Å². The molecule has 3 fully saturated rings. The van der Waals surface area contributed by atoms with Gasteiger partial charge in [0, 0.05) is 129 Å². The third-order valence-electron chi connectivity index (χ3n) is 16.9. The minimum absolute atomic E-state index is 0.129. The van der Waals surface area contributed by atoms with Gasteiger partial charge in [0.15, 0.2) is 0 Å². The van der Waals surface area contributed by atoms with Gasteiger partial charge in [0.05, 0.1) is 6.61 Å². The second-order valence-electron chi connectivity index (χ2n) is 22.3. The van der Waals surface area contributed by atoms with Gasteiger partial charge in [-0.1, -0.05) is 74.7 Å². The zero-order valence-corrected chi connectivity index (χ0v) is 49.5.